The first-order chi connectivity index (χ1) is 16.0. The molecule has 0 saturated carbocycles. The molecular formula is C26H47O6P. The topological polar surface area (TPSA) is 74.2 Å². The molecule has 6 nitrogen and oxygen atoms in total. The van der Waals surface area contributed by atoms with Gasteiger partial charge in [0.05, 0.1) is 12.7 Å². The van der Waals surface area contributed by atoms with Crippen LogP contribution in [0.15, 0.2) is 24.3 Å². The van der Waals surface area contributed by atoms with E-state index in [1.54, 1.807) is 13.0 Å². The fourth-order valence-electron chi connectivity index (χ4n) is 3.66. The second-order valence-corrected chi connectivity index (χ2v) is 10.3. The van der Waals surface area contributed by atoms with Crippen molar-refractivity contribution in [1.29, 1.82) is 0 Å². The second kappa shape index (κ2) is 19.4. The van der Waals surface area contributed by atoms with E-state index < -0.39 is 7.82 Å². The third-order valence-corrected chi connectivity index (χ3v) is 6.56. The smallest absolute Gasteiger partial charge is 0.379 e. The standard InChI is InChI=1S/C26H47O6P/c1-4-5-6-7-8-9-10-11-12-13-14-15-16-17-19-25-20-18-21-26(22-25)31-32-33(27,28)30-23-24(2)29-3/h18,20-22,24H,4-17,19,23H2,1-3H3,(H,27,28). The van der Waals surface area contributed by atoms with E-state index in [0.717, 1.165) is 18.4 Å². The molecule has 0 spiro atoms. The Hall–Kier alpha value is -0.910. The Morgan fingerprint density at radius 1 is 0.879 bits per heavy atom. The van der Waals surface area contributed by atoms with E-state index in [4.69, 9.17) is 14.1 Å². The highest BCUT2D eigenvalue weighted by atomic mass is 31.2. The molecule has 1 rings (SSSR count). The van der Waals surface area contributed by atoms with Crippen LogP contribution in [-0.2, 0) is 24.9 Å². The summed E-state index contributed by atoms with van der Waals surface area (Å²) in [7, 11) is -2.80. The average Bonchev–Trinajstić information content (AvgIpc) is 2.82. The SMILES string of the molecule is CCCCCCCCCCCCCCCCc1cccc(OOP(=O)(O)OCC(C)OC)c1. The number of phosphoric acid groups is 1. The van der Waals surface area contributed by atoms with Crippen LogP contribution in [0.1, 0.15) is 109 Å². The van der Waals surface area contributed by atoms with Gasteiger partial charge in [0.15, 0.2) is 5.75 Å². The molecule has 33 heavy (non-hydrogen) atoms. The van der Waals surface area contributed by atoms with Gasteiger partial charge in [-0.3, -0.25) is 4.52 Å². The van der Waals surface area contributed by atoms with Crippen molar-refractivity contribution in [3.8, 4) is 5.75 Å². The Morgan fingerprint density at radius 2 is 1.42 bits per heavy atom. The lowest BCUT2D eigenvalue weighted by atomic mass is 10.0. The van der Waals surface area contributed by atoms with Crippen LogP contribution in [0.4, 0.5) is 0 Å². The maximum absolute atomic E-state index is 11.8. The van der Waals surface area contributed by atoms with Crippen molar-refractivity contribution in [2.45, 2.75) is 116 Å². The summed E-state index contributed by atoms with van der Waals surface area (Å²) in [6.45, 7) is 3.93. The van der Waals surface area contributed by atoms with Gasteiger partial charge in [-0.05, 0) is 37.5 Å². The molecule has 192 valence electrons. The van der Waals surface area contributed by atoms with Crippen LogP contribution in [-0.4, -0.2) is 24.7 Å². The Labute approximate surface area is 201 Å². The van der Waals surface area contributed by atoms with Gasteiger partial charge in [0.2, 0.25) is 0 Å². The van der Waals surface area contributed by atoms with Gasteiger partial charge >= 0.3 is 7.82 Å². The number of benzene rings is 1. The molecule has 0 saturated heterocycles. The molecule has 1 aromatic carbocycles. The molecule has 1 aromatic rings. The minimum Gasteiger partial charge on any atom is -0.379 e. The lowest BCUT2D eigenvalue weighted by molar-refractivity contribution is -0.130. The molecule has 0 amide bonds. The fraction of sp³-hybridized carbons (Fsp3) is 0.769. The van der Waals surface area contributed by atoms with Crippen molar-refractivity contribution < 1.29 is 28.3 Å². The fourth-order valence-corrected chi connectivity index (χ4v) is 4.28. The molecule has 0 bridgehead atoms. The number of unbranched alkanes of at least 4 members (excludes halogenated alkanes) is 13. The van der Waals surface area contributed by atoms with Gasteiger partial charge in [-0.2, -0.15) is 0 Å². The Balaban J connectivity index is 2.07. The predicted octanol–water partition coefficient (Wildman–Crippen LogP) is 8.17. The van der Waals surface area contributed by atoms with Crippen LogP contribution in [0.2, 0.25) is 0 Å². The normalized spacial score (nSPS) is 14.2. The van der Waals surface area contributed by atoms with Crippen LogP contribution in [0.3, 0.4) is 0 Å². The highest BCUT2D eigenvalue weighted by Crippen LogP contribution is 2.43. The molecule has 2 atom stereocenters. The summed E-state index contributed by atoms with van der Waals surface area (Å²) in [6, 6.07) is 7.41. The molecule has 1 N–H and O–H groups in total. The van der Waals surface area contributed by atoms with Crippen molar-refractivity contribution in [3.63, 3.8) is 0 Å². The van der Waals surface area contributed by atoms with E-state index in [1.165, 1.54) is 90.6 Å². The molecule has 0 aliphatic heterocycles. The summed E-state index contributed by atoms with van der Waals surface area (Å²) in [5.74, 6) is 0.385. The van der Waals surface area contributed by atoms with Crippen molar-refractivity contribution in [3.05, 3.63) is 29.8 Å². The average molecular weight is 487 g/mol. The Morgan fingerprint density at radius 3 is 1.97 bits per heavy atom. The molecule has 2 unspecified atom stereocenters. The first-order valence-electron chi connectivity index (χ1n) is 12.9. The van der Waals surface area contributed by atoms with Gasteiger partial charge in [0.1, 0.15) is 0 Å². The number of ether oxygens (including phenoxy) is 1. The lowest BCUT2D eigenvalue weighted by Gasteiger charge is -2.14. The first-order valence-corrected chi connectivity index (χ1v) is 14.4. The molecule has 0 aliphatic rings. The van der Waals surface area contributed by atoms with Crippen LogP contribution < -0.4 is 4.89 Å². The van der Waals surface area contributed by atoms with Gasteiger partial charge in [-0.25, -0.2) is 4.57 Å². The highest BCUT2D eigenvalue weighted by molar-refractivity contribution is 7.47. The van der Waals surface area contributed by atoms with Crippen molar-refractivity contribution in [2.24, 2.45) is 0 Å². The number of methoxy groups -OCH3 is 1. The van der Waals surface area contributed by atoms with Gasteiger partial charge in [-0.1, -0.05) is 107 Å². The molecule has 0 radical (unpaired) electrons. The number of aryl methyl sites for hydroxylation is 1. The van der Waals surface area contributed by atoms with E-state index in [9.17, 15) is 9.46 Å². The van der Waals surface area contributed by atoms with E-state index in [1.807, 2.05) is 18.2 Å². The first kappa shape index (κ1) is 30.1. The van der Waals surface area contributed by atoms with Gasteiger partial charge in [-0.15, -0.1) is 0 Å². The van der Waals surface area contributed by atoms with Crippen LogP contribution in [0.25, 0.3) is 0 Å². The quantitative estimate of drug-likeness (QED) is 0.0771. The third-order valence-electron chi connectivity index (χ3n) is 5.82. The zero-order valence-electron chi connectivity index (χ0n) is 21.1. The van der Waals surface area contributed by atoms with Crippen LogP contribution in [0.5, 0.6) is 5.75 Å². The van der Waals surface area contributed by atoms with Gasteiger partial charge < -0.3 is 14.5 Å². The number of rotatable bonds is 22. The van der Waals surface area contributed by atoms with E-state index >= 15 is 0 Å². The molecule has 7 heteroatoms. The number of phosphoric ester groups is 1. The summed E-state index contributed by atoms with van der Waals surface area (Å²) < 4.78 is 26.3. The summed E-state index contributed by atoms with van der Waals surface area (Å²) in [5.41, 5.74) is 1.12. The second-order valence-electron chi connectivity index (χ2n) is 8.96. The zero-order chi connectivity index (χ0) is 24.2. The maximum Gasteiger partial charge on any atom is 0.508 e. The Kier molecular flexibility index (Phi) is 17.7. The lowest BCUT2D eigenvalue weighted by Crippen LogP contribution is -2.13. The van der Waals surface area contributed by atoms with E-state index in [0.29, 0.717) is 5.75 Å². The molecule has 0 heterocycles. The van der Waals surface area contributed by atoms with Crippen LogP contribution >= 0.6 is 7.82 Å². The highest BCUT2D eigenvalue weighted by Gasteiger charge is 2.24. The summed E-state index contributed by atoms with van der Waals surface area (Å²) in [6.07, 6.45) is 19.5. The Bertz CT molecular complexity index is 639. The molecule has 0 aromatic heterocycles. The minimum atomic E-state index is -4.29. The monoisotopic (exact) mass is 486 g/mol. The third kappa shape index (κ3) is 17.2. The van der Waals surface area contributed by atoms with E-state index in [-0.39, 0.29) is 12.7 Å². The molecule has 0 aliphatic carbocycles. The van der Waals surface area contributed by atoms with Crippen molar-refractivity contribution in [2.75, 3.05) is 13.7 Å². The van der Waals surface area contributed by atoms with Crippen LogP contribution in [0, 0.1) is 0 Å². The van der Waals surface area contributed by atoms with E-state index in [2.05, 4.69) is 11.6 Å². The predicted molar refractivity (Wildman–Crippen MR) is 134 cm³/mol. The summed E-state index contributed by atoms with van der Waals surface area (Å²) >= 11 is 0. The van der Waals surface area contributed by atoms with Crippen molar-refractivity contribution >= 4 is 7.82 Å². The van der Waals surface area contributed by atoms with Crippen molar-refractivity contribution in [1.82, 2.24) is 0 Å². The summed E-state index contributed by atoms with van der Waals surface area (Å²) in [4.78, 5) is 14.7. The largest absolute Gasteiger partial charge is 0.508 e. The zero-order valence-corrected chi connectivity index (χ0v) is 22.0. The summed E-state index contributed by atoms with van der Waals surface area (Å²) in [5, 5.41) is 0. The molecular weight excluding hydrogens is 439 g/mol. The minimum absolute atomic E-state index is 0.0627. The molecule has 0 fully saturated rings. The maximum atomic E-state index is 11.8. The number of hydrogen-bond donors (Lipinski definition) is 1. The van der Waals surface area contributed by atoms with Gasteiger partial charge in [0, 0.05) is 7.11 Å². The van der Waals surface area contributed by atoms with Gasteiger partial charge in [0.25, 0.3) is 0 Å². The number of hydrogen-bond acceptors (Lipinski definition) is 5.